The van der Waals surface area contributed by atoms with Crippen molar-refractivity contribution in [3.63, 3.8) is 0 Å². The van der Waals surface area contributed by atoms with Crippen LogP contribution in [-0.4, -0.2) is 4.98 Å². The van der Waals surface area contributed by atoms with E-state index in [0.29, 0.717) is 0 Å². The Balaban J connectivity index is 3.50. The highest BCUT2D eigenvalue weighted by molar-refractivity contribution is 5.13. The fourth-order valence-corrected chi connectivity index (χ4v) is 1.21. The zero-order chi connectivity index (χ0) is 9.59. The topological polar surface area (TPSA) is 84.1 Å². The van der Waals surface area contributed by atoms with Gasteiger partial charge in [0.25, 0.3) is 11.1 Å². The Labute approximate surface area is 69.6 Å². The summed E-state index contributed by atoms with van der Waals surface area (Å²) in [6.45, 7) is 0. The minimum absolute atomic E-state index is 0.0189. The van der Waals surface area contributed by atoms with E-state index in [1.165, 1.54) is 6.07 Å². The lowest BCUT2D eigenvalue weighted by Gasteiger charge is -1.75. The van der Waals surface area contributed by atoms with Crippen molar-refractivity contribution < 1.29 is 0 Å². The van der Waals surface area contributed by atoms with Crippen LogP contribution < -0.4 is 22.0 Å². The van der Waals surface area contributed by atoms with E-state index in [4.69, 9.17) is 0 Å². The smallest absolute Gasteiger partial charge is 0.263 e. The molecule has 0 spiro atoms. The summed E-state index contributed by atoms with van der Waals surface area (Å²) in [5.41, 5.74) is -3.11. The zero-order valence-corrected chi connectivity index (χ0v) is 6.29. The summed E-state index contributed by atoms with van der Waals surface area (Å²) in [6.07, 6.45) is 0. The number of aromatic nitrogens is 1. The van der Waals surface area contributed by atoms with E-state index in [1.807, 2.05) is 4.98 Å². The highest BCUT2D eigenvalue weighted by Gasteiger charge is 2.06. The lowest BCUT2D eigenvalue weighted by Crippen LogP contribution is -2.27. The Kier molecular flexibility index (Phi) is 1.30. The van der Waals surface area contributed by atoms with Gasteiger partial charge in [0.15, 0.2) is 0 Å². The highest BCUT2D eigenvalue weighted by Crippen LogP contribution is 1.77. The SMILES string of the molecule is O=c1ccc2c(=O)[nH]c(=O)c=2c1=O. The largest absolute Gasteiger partial charge is 0.288 e. The zero-order valence-electron chi connectivity index (χ0n) is 6.29. The normalized spacial score (nSPS) is 10.8. The maximum Gasteiger partial charge on any atom is 0.263 e. The van der Waals surface area contributed by atoms with Gasteiger partial charge in [0.1, 0.15) is 5.22 Å². The van der Waals surface area contributed by atoms with Crippen molar-refractivity contribution in [2.75, 3.05) is 0 Å². The molecule has 5 heteroatoms. The Morgan fingerprint density at radius 3 is 2.31 bits per heavy atom. The van der Waals surface area contributed by atoms with Crippen LogP contribution in [-0.2, 0) is 0 Å². The van der Waals surface area contributed by atoms with Gasteiger partial charge < -0.3 is 0 Å². The quantitative estimate of drug-likeness (QED) is 0.474. The predicted octanol–water partition coefficient (Wildman–Crippen LogP) is -1.94. The van der Waals surface area contributed by atoms with Gasteiger partial charge in [-0.1, -0.05) is 0 Å². The molecule has 0 unspecified atom stereocenters. The first-order valence-electron chi connectivity index (χ1n) is 3.48. The molecule has 2 aliphatic rings. The number of aromatic amines is 1. The molecule has 1 aliphatic heterocycles. The molecule has 1 aliphatic carbocycles. The number of hydrogen-bond acceptors (Lipinski definition) is 4. The molecule has 0 saturated heterocycles. The molecule has 0 saturated carbocycles. The molecule has 0 radical (unpaired) electrons. The molecule has 64 valence electrons. The molecule has 13 heavy (non-hydrogen) atoms. The fraction of sp³-hybridized carbons (Fsp3) is 0. The molecule has 0 amide bonds. The minimum Gasteiger partial charge on any atom is -0.288 e. The molecule has 1 heterocycles. The fourth-order valence-electron chi connectivity index (χ4n) is 1.21. The predicted molar refractivity (Wildman–Crippen MR) is 43.5 cm³/mol. The molecule has 0 aromatic heterocycles. The van der Waals surface area contributed by atoms with Crippen LogP contribution in [0.3, 0.4) is 0 Å². The molecular formula is C8H3NO4. The van der Waals surface area contributed by atoms with Gasteiger partial charge in [-0.2, -0.15) is 0 Å². The van der Waals surface area contributed by atoms with Gasteiger partial charge >= 0.3 is 0 Å². The van der Waals surface area contributed by atoms with Gasteiger partial charge in [-0.15, -0.1) is 0 Å². The molecule has 1 N–H and O–H groups in total. The third-order valence-electron chi connectivity index (χ3n) is 1.82. The van der Waals surface area contributed by atoms with Crippen LogP contribution >= 0.6 is 0 Å². The van der Waals surface area contributed by atoms with E-state index < -0.39 is 22.0 Å². The van der Waals surface area contributed by atoms with Gasteiger partial charge in [-0.05, 0) is 12.1 Å². The third kappa shape index (κ3) is 0.868. The number of nitrogens with one attached hydrogen (secondary N) is 1. The summed E-state index contributed by atoms with van der Waals surface area (Å²) < 4.78 is 0. The van der Waals surface area contributed by atoms with Gasteiger partial charge in [0.2, 0.25) is 10.9 Å². The molecule has 5 nitrogen and oxygen atoms in total. The molecule has 0 aromatic rings. The maximum absolute atomic E-state index is 11.1. The van der Waals surface area contributed by atoms with E-state index in [-0.39, 0.29) is 10.4 Å². The van der Waals surface area contributed by atoms with Crippen LogP contribution in [0.5, 0.6) is 0 Å². The van der Waals surface area contributed by atoms with E-state index >= 15 is 0 Å². The van der Waals surface area contributed by atoms with E-state index in [1.54, 1.807) is 0 Å². The average molecular weight is 177 g/mol. The van der Waals surface area contributed by atoms with E-state index in [2.05, 4.69) is 0 Å². The molecule has 0 fully saturated rings. The van der Waals surface area contributed by atoms with Crippen LogP contribution in [0.25, 0.3) is 0 Å². The average Bonchev–Trinajstić information content (AvgIpc) is 2.35. The van der Waals surface area contributed by atoms with Crippen LogP contribution in [0.4, 0.5) is 0 Å². The van der Waals surface area contributed by atoms with Crippen LogP contribution in [0.15, 0.2) is 31.3 Å². The van der Waals surface area contributed by atoms with Gasteiger partial charge in [0.05, 0.1) is 5.22 Å². The number of rotatable bonds is 0. The van der Waals surface area contributed by atoms with Crippen molar-refractivity contribution in [1.29, 1.82) is 0 Å². The van der Waals surface area contributed by atoms with Crippen molar-refractivity contribution in [2.45, 2.75) is 0 Å². The summed E-state index contributed by atoms with van der Waals surface area (Å²) in [5, 5.41) is -0.355. The van der Waals surface area contributed by atoms with Crippen molar-refractivity contribution in [3.8, 4) is 0 Å². The van der Waals surface area contributed by atoms with Gasteiger partial charge in [0, 0.05) is 0 Å². The second-order valence-electron chi connectivity index (χ2n) is 2.60. The maximum atomic E-state index is 11.1. The lowest BCUT2D eigenvalue weighted by molar-refractivity contribution is 1.22. The van der Waals surface area contributed by atoms with Crippen molar-refractivity contribution in [2.24, 2.45) is 0 Å². The van der Waals surface area contributed by atoms with E-state index in [9.17, 15) is 19.2 Å². The summed E-state index contributed by atoms with van der Waals surface area (Å²) in [6, 6.07) is 2.17. The van der Waals surface area contributed by atoms with Crippen LogP contribution in [0, 0.1) is 10.4 Å². The minimum atomic E-state index is -0.916. The monoisotopic (exact) mass is 177 g/mol. The number of H-pyrrole nitrogens is 1. The second kappa shape index (κ2) is 2.22. The Bertz CT molecular complexity index is 717. The first kappa shape index (κ1) is 7.60. The molecular weight excluding hydrogens is 174 g/mol. The molecule has 2 rings (SSSR count). The summed E-state index contributed by atoms with van der Waals surface area (Å²) in [4.78, 5) is 45.8. The molecule has 0 bridgehead atoms. The van der Waals surface area contributed by atoms with Crippen LogP contribution in [0.2, 0.25) is 0 Å². The van der Waals surface area contributed by atoms with Crippen molar-refractivity contribution in [1.82, 2.24) is 4.98 Å². The van der Waals surface area contributed by atoms with Gasteiger partial charge in [-0.3, -0.25) is 24.2 Å². The summed E-state index contributed by atoms with van der Waals surface area (Å²) >= 11 is 0. The van der Waals surface area contributed by atoms with Gasteiger partial charge in [-0.25, -0.2) is 0 Å². The number of hydrogen-bond donors (Lipinski definition) is 1. The Morgan fingerprint density at radius 1 is 0.923 bits per heavy atom. The molecule has 0 atom stereocenters. The Morgan fingerprint density at radius 2 is 1.62 bits per heavy atom. The standard InChI is InChI=1S/C8H3NO4/c10-4-2-1-3-5(6(4)11)8(13)9-7(3)12/h1-2H,(H,9,12,13). The lowest BCUT2D eigenvalue weighted by atomic mass is 10.2. The second-order valence-corrected chi connectivity index (χ2v) is 2.60. The Hall–Kier alpha value is -2.04. The highest BCUT2D eigenvalue weighted by atomic mass is 16.2. The van der Waals surface area contributed by atoms with Crippen molar-refractivity contribution >= 4 is 0 Å². The molecule has 0 aromatic carbocycles. The first-order valence-corrected chi connectivity index (χ1v) is 3.48. The summed E-state index contributed by atoms with van der Waals surface area (Å²) in [7, 11) is 0. The van der Waals surface area contributed by atoms with Crippen LogP contribution in [0.1, 0.15) is 0 Å². The van der Waals surface area contributed by atoms with E-state index in [0.717, 1.165) is 6.07 Å². The van der Waals surface area contributed by atoms with Crippen molar-refractivity contribution in [3.05, 3.63) is 63.7 Å². The third-order valence-corrected chi connectivity index (χ3v) is 1.82. The first-order chi connectivity index (χ1) is 6.11. The summed E-state index contributed by atoms with van der Waals surface area (Å²) in [5.74, 6) is 0.